The summed E-state index contributed by atoms with van der Waals surface area (Å²) in [5, 5.41) is 3.18. The quantitative estimate of drug-likeness (QED) is 0.884. The molecule has 0 fully saturated rings. The summed E-state index contributed by atoms with van der Waals surface area (Å²) >= 11 is 3.40. The summed E-state index contributed by atoms with van der Waals surface area (Å²) in [6, 6.07) is 0. The Labute approximate surface area is 87.1 Å². The predicted octanol–water partition coefficient (Wildman–Crippen LogP) is 2.62. The van der Waals surface area contributed by atoms with Crippen LogP contribution in [0.3, 0.4) is 0 Å². The van der Waals surface area contributed by atoms with Crippen molar-refractivity contribution in [3.63, 3.8) is 0 Å². The molecule has 0 amide bonds. The van der Waals surface area contributed by atoms with Crippen molar-refractivity contribution in [3.8, 4) is 0 Å². The maximum Gasteiger partial charge on any atom is 0.144 e. The van der Waals surface area contributed by atoms with Gasteiger partial charge in [0, 0.05) is 19.2 Å². The van der Waals surface area contributed by atoms with Gasteiger partial charge in [-0.3, -0.25) is 0 Å². The summed E-state index contributed by atoms with van der Waals surface area (Å²) in [5.41, 5.74) is 0. The normalized spacial score (nSPS) is 10.1. The molecule has 3 nitrogen and oxygen atoms in total. The highest BCUT2D eigenvalue weighted by molar-refractivity contribution is 9.10. The molecule has 1 aromatic rings. The zero-order valence-electron chi connectivity index (χ0n) is 7.97. The number of aryl methyl sites for hydroxylation is 1. The highest BCUT2D eigenvalue weighted by Gasteiger charge is 2.02. The van der Waals surface area contributed by atoms with Crippen molar-refractivity contribution < 1.29 is 0 Å². The average molecular weight is 244 g/mol. The van der Waals surface area contributed by atoms with Crippen LogP contribution in [0.4, 0.5) is 5.82 Å². The highest BCUT2D eigenvalue weighted by Crippen LogP contribution is 2.18. The molecule has 0 aromatic carbocycles. The van der Waals surface area contributed by atoms with Crippen LogP contribution in [-0.4, -0.2) is 16.5 Å². The Morgan fingerprint density at radius 1 is 1.46 bits per heavy atom. The first-order valence-electron chi connectivity index (χ1n) is 4.53. The van der Waals surface area contributed by atoms with Gasteiger partial charge in [0.25, 0.3) is 0 Å². The second-order valence-corrected chi connectivity index (χ2v) is 3.62. The van der Waals surface area contributed by atoms with Crippen LogP contribution < -0.4 is 5.32 Å². The van der Waals surface area contributed by atoms with Crippen molar-refractivity contribution in [1.29, 1.82) is 0 Å². The van der Waals surface area contributed by atoms with Gasteiger partial charge >= 0.3 is 0 Å². The second-order valence-electron chi connectivity index (χ2n) is 2.76. The van der Waals surface area contributed by atoms with E-state index in [0.717, 1.165) is 35.5 Å². The van der Waals surface area contributed by atoms with Crippen molar-refractivity contribution in [2.75, 3.05) is 11.9 Å². The summed E-state index contributed by atoms with van der Waals surface area (Å²) in [5.74, 6) is 1.79. The third kappa shape index (κ3) is 2.95. The summed E-state index contributed by atoms with van der Waals surface area (Å²) in [6.07, 6.45) is 3.81. The zero-order chi connectivity index (χ0) is 9.68. The van der Waals surface area contributed by atoms with E-state index in [4.69, 9.17) is 0 Å². The molecule has 4 heteroatoms. The monoisotopic (exact) mass is 243 g/mol. The molecule has 0 saturated carbocycles. The van der Waals surface area contributed by atoms with Crippen LogP contribution in [0.15, 0.2) is 10.7 Å². The molecule has 0 unspecified atom stereocenters. The number of aromatic nitrogens is 2. The van der Waals surface area contributed by atoms with Crippen LogP contribution in [0.25, 0.3) is 0 Å². The Kier molecular flexibility index (Phi) is 4.15. The van der Waals surface area contributed by atoms with E-state index < -0.39 is 0 Å². The third-order valence-corrected chi connectivity index (χ3v) is 2.19. The fourth-order valence-corrected chi connectivity index (χ4v) is 1.37. The summed E-state index contributed by atoms with van der Waals surface area (Å²) in [7, 11) is 0. The molecule has 1 heterocycles. The number of rotatable bonds is 4. The van der Waals surface area contributed by atoms with Crippen molar-refractivity contribution in [3.05, 3.63) is 16.5 Å². The lowest BCUT2D eigenvalue weighted by molar-refractivity contribution is 0.832. The van der Waals surface area contributed by atoms with Gasteiger partial charge in [0.1, 0.15) is 11.6 Å². The zero-order valence-corrected chi connectivity index (χ0v) is 9.56. The molecule has 13 heavy (non-hydrogen) atoms. The lowest BCUT2D eigenvalue weighted by Gasteiger charge is -2.05. The van der Waals surface area contributed by atoms with Gasteiger partial charge in [-0.15, -0.1) is 0 Å². The van der Waals surface area contributed by atoms with Crippen molar-refractivity contribution in [1.82, 2.24) is 9.97 Å². The van der Waals surface area contributed by atoms with Crippen LogP contribution in [-0.2, 0) is 6.42 Å². The number of nitrogens with zero attached hydrogens (tertiary/aromatic N) is 2. The van der Waals surface area contributed by atoms with Crippen LogP contribution in [0.2, 0.25) is 0 Å². The molecule has 1 N–H and O–H groups in total. The fraction of sp³-hybridized carbons (Fsp3) is 0.556. The van der Waals surface area contributed by atoms with Gasteiger partial charge in [-0.1, -0.05) is 6.92 Å². The Hall–Kier alpha value is -0.640. The topological polar surface area (TPSA) is 37.8 Å². The Morgan fingerprint density at radius 3 is 2.85 bits per heavy atom. The van der Waals surface area contributed by atoms with Gasteiger partial charge in [-0.05, 0) is 29.3 Å². The van der Waals surface area contributed by atoms with Gasteiger partial charge in [0.05, 0.1) is 4.47 Å². The van der Waals surface area contributed by atoms with Gasteiger partial charge in [-0.25, -0.2) is 9.97 Å². The molecule has 0 saturated heterocycles. The summed E-state index contributed by atoms with van der Waals surface area (Å²) < 4.78 is 0.925. The standard InChI is InChI=1S/C9H14BrN3/c1-3-5-8-12-6-7(10)9(13-8)11-4-2/h6H,3-5H2,1-2H3,(H,11,12,13). The van der Waals surface area contributed by atoms with E-state index >= 15 is 0 Å². The van der Waals surface area contributed by atoms with E-state index in [1.54, 1.807) is 6.20 Å². The van der Waals surface area contributed by atoms with E-state index in [1.165, 1.54) is 0 Å². The van der Waals surface area contributed by atoms with Gasteiger partial charge < -0.3 is 5.32 Å². The molecule has 72 valence electrons. The van der Waals surface area contributed by atoms with E-state index in [9.17, 15) is 0 Å². The van der Waals surface area contributed by atoms with Crippen molar-refractivity contribution in [2.45, 2.75) is 26.7 Å². The van der Waals surface area contributed by atoms with Crippen LogP contribution in [0.5, 0.6) is 0 Å². The van der Waals surface area contributed by atoms with Crippen molar-refractivity contribution >= 4 is 21.7 Å². The SMILES string of the molecule is CCCc1ncc(Br)c(NCC)n1. The maximum absolute atomic E-state index is 4.38. The minimum Gasteiger partial charge on any atom is -0.369 e. The molecule has 0 aliphatic rings. The lowest BCUT2D eigenvalue weighted by atomic mass is 10.3. The number of anilines is 1. The van der Waals surface area contributed by atoms with Crippen LogP contribution in [0, 0.1) is 0 Å². The van der Waals surface area contributed by atoms with Gasteiger partial charge in [0.15, 0.2) is 0 Å². The number of hydrogen-bond donors (Lipinski definition) is 1. The molecule has 0 spiro atoms. The first-order valence-corrected chi connectivity index (χ1v) is 5.32. The fourth-order valence-electron chi connectivity index (χ4n) is 1.04. The van der Waals surface area contributed by atoms with Crippen LogP contribution in [0.1, 0.15) is 26.1 Å². The van der Waals surface area contributed by atoms with E-state index in [1.807, 2.05) is 6.92 Å². The second kappa shape index (κ2) is 5.17. The van der Waals surface area contributed by atoms with E-state index in [2.05, 4.69) is 38.1 Å². The van der Waals surface area contributed by atoms with E-state index in [-0.39, 0.29) is 0 Å². The van der Waals surface area contributed by atoms with E-state index in [0.29, 0.717) is 0 Å². The highest BCUT2D eigenvalue weighted by atomic mass is 79.9. The molecule has 0 radical (unpaired) electrons. The minimum atomic E-state index is 0.876. The molecule has 0 aliphatic carbocycles. The molecule has 0 bridgehead atoms. The molecular formula is C9H14BrN3. The molecule has 1 aromatic heterocycles. The number of nitrogens with one attached hydrogen (secondary N) is 1. The smallest absolute Gasteiger partial charge is 0.144 e. The lowest BCUT2D eigenvalue weighted by Crippen LogP contribution is -2.04. The third-order valence-electron chi connectivity index (χ3n) is 1.61. The number of halogens is 1. The van der Waals surface area contributed by atoms with Gasteiger partial charge in [0.2, 0.25) is 0 Å². The molecule has 1 rings (SSSR count). The largest absolute Gasteiger partial charge is 0.369 e. The summed E-state index contributed by atoms with van der Waals surface area (Å²) in [4.78, 5) is 8.60. The Bertz CT molecular complexity index is 276. The first kappa shape index (κ1) is 10.4. The average Bonchev–Trinajstić information content (AvgIpc) is 2.12. The molecule has 0 atom stereocenters. The predicted molar refractivity (Wildman–Crippen MR) is 57.9 cm³/mol. The van der Waals surface area contributed by atoms with Gasteiger partial charge in [-0.2, -0.15) is 0 Å². The summed E-state index contributed by atoms with van der Waals surface area (Å²) in [6.45, 7) is 5.05. The minimum absolute atomic E-state index is 0.876. The molecular weight excluding hydrogens is 230 g/mol. The van der Waals surface area contributed by atoms with Crippen LogP contribution >= 0.6 is 15.9 Å². The van der Waals surface area contributed by atoms with Crippen molar-refractivity contribution in [2.24, 2.45) is 0 Å². The Morgan fingerprint density at radius 2 is 2.23 bits per heavy atom. The Balaban J connectivity index is 2.83. The number of hydrogen-bond acceptors (Lipinski definition) is 3. The maximum atomic E-state index is 4.38. The first-order chi connectivity index (χ1) is 6.27. The molecule has 0 aliphatic heterocycles.